The Labute approximate surface area is 118 Å². The standard InChI is InChI=1S/C12H8Cl2IN/c1-7-6-16-12(5-11(7)15)9-3-2-8(13)4-10(9)14/h2-6H,1H3. The van der Waals surface area contributed by atoms with Gasteiger partial charge in [-0.25, -0.2) is 0 Å². The third kappa shape index (κ3) is 2.50. The summed E-state index contributed by atoms with van der Waals surface area (Å²) in [5, 5.41) is 1.26. The second kappa shape index (κ2) is 4.90. The molecular formula is C12H8Cl2IN. The van der Waals surface area contributed by atoms with Gasteiger partial charge < -0.3 is 0 Å². The van der Waals surface area contributed by atoms with Gasteiger partial charge in [-0.2, -0.15) is 0 Å². The number of aromatic nitrogens is 1. The Bertz CT molecular complexity index is 541. The summed E-state index contributed by atoms with van der Waals surface area (Å²) in [6.07, 6.45) is 1.85. The number of aryl methyl sites for hydroxylation is 1. The Hall–Kier alpha value is -0.320. The number of pyridine rings is 1. The van der Waals surface area contributed by atoms with Crippen LogP contribution in [0.3, 0.4) is 0 Å². The number of hydrogen-bond donors (Lipinski definition) is 0. The first-order chi connectivity index (χ1) is 7.58. The van der Waals surface area contributed by atoms with Gasteiger partial charge in [0.15, 0.2) is 0 Å². The number of hydrogen-bond acceptors (Lipinski definition) is 1. The molecule has 0 saturated heterocycles. The molecule has 1 nitrogen and oxygen atoms in total. The van der Waals surface area contributed by atoms with Crippen molar-refractivity contribution in [2.45, 2.75) is 6.92 Å². The lowest BCUT2D eigenvalue weighted by atomic mass is 10.1. The molecule has 1 aromatic carbocycles. The highest BCUT2D eigenvalue weighted by Crippen LogP contribution is 2.30. The molecule has 0 atom stereocenters. The highest BCUT2D eigenvalue weighted by Gasteiger charge is 2.06. The van der Waals surface area contributed by atoms with Gasteiger partial charge in [0.25, 0.3) is 0 Å². The summed E-state index contributed by atoms with van der Waals surface area (Å²) in [6.45, 7) is 2.03. The quantitative estimate of drug-likeness (QED) is 0.652. The molecule has 0 aliphatic carbocycles. The van der Waals surface area contributed by atoms with Crippen molar-refractivity contribution in [3.05, 3.63) is 49.6 Å². The van der Waals surface area contributed by atoms with Crippen molar-refractivity contribution >= 4 is 45.8 Å². The molecule has 1 heterocycles. The highest BCUT2D eigenvalue weighted by molar-refractivity contribution is 14.1. The minimum absolute atomic E-state index is 0.625. The predicted molar refractivity (Wildman–Crippen MR) is 77.1 cm³/mol. The van der Waals surface area contributed by atoms with E-state index in [1.54, 1.807) is 6.07 Å². The maximum atomic E-state index is 6.13. The molecule has 0 aliphatic heterocycles. The third-order valence-corrected chi connectivity index (χ3v) is 3.95. The Balaban J connectivity index is 2.54. The zero-order valence-corrected chi connectivity index (χ0v) is 12.1. The van der Waals surface area contributed by atoms with Gasteiger partial charge in [0, 0.05) is 20.4 Å². The average Bonchev–Trinajstić information content (AvgIpc) is 2.22. The van der Waals surface area contributed by atoms with Crippen LogP contribution in [0.25, 0.3) is 11.3 Å². The molecule has 0 fully saturated rings. The van der Waals surface area contributed by atoms with E-state index in [-0.39, 0.29) is 0 Å². The fraction of sp³-hybridized carbons (Fsp3) is 0.0833. The van der Waals surface area contributed by atoms with Crippen molar-refractivity contribution in [1.82, 2.24) is 4.98 Å². The fourth-order valence-electron chi connectivity index (χ4n) is 1.34. The van der Waals surface area contributed by atoms with Crippen LogP contribution in [0.4, 0.5) is 0 Å². The van der Waals surface area contributed by atoms with Gasteiger partial charge in [-0.15, -0.1) is 0 Å². The monoisotopic (exact) mass is 363 g/mol. The van der Waals surface area contributed by atoms with E-state index < -0.39 is 0 Å². The highest BCUT2D eigenvalue weighted by atomic mass is 127. The Morgan fingerprint density at radius 2 is 1.94 bits per heavy atom. The van der Waals surface area contributed by atoms with E-state index in [0.717, 1.165) is 16.8 Å². The number of benzene rings is 1. The number of halogens is 3. The van der Waals surface area contributed by atoms with Gasteiger partial charge in [-0.1, -0.05) is 23.2 Å². The zero-order valence-electron chi connectivity index (χ0n) is 8.47. The minimum Gasteiger partial charge on any atom is -0.256 e. The Morgan fingerprint density at radius 1 is 1.19 bits per heavy atom. The van der Waals surface area contributed by atoms with Crippen LogP contribution in [0.5, 0.6) is 0 Å². The first kappa shape index (κ1) is 12.1. The molecule has 0 aliphatic rings. The molecule has 4 heteroatoms. The van der Waals surface area contributed by atoms with E-state index >= 15 is 0 Å². The van der Waals surface area contributed by atoms with E-state index in [9.17, 15) is 0 Å². The lowest BCUT2D eigenvalue weighted by molar-refractivity contribution is 1.25. The smallest absolute Gasteiger partial charge is 0.0727 e. The molecule has 0 N–H and O–H groups in total. The van der Waals surface area contributed by atoms with E-state index in [0.29, 0.717) is 10.0 Å². The molecule has 1 aromatic heterocycles. The third-order valence-electron chi connectivity index (χ3n) is 2.24. The van der Waals surface area contributed by atoms with Gasteiger partial charge >= 0.3 is 0 Å². The van der Waals surface area contributed by atoms with Crippen LogP contribution < -0.4 is 0 Å². The maximum Gasteiger partial charge on any atom is 0.0727 e. The van der Waals surface area contributed by atoms with Crippen molar-refractivity contribution in [3.8, 4) is 11.3 Å². The SMILES string of the molecule is Cc1cnc(-c2ccc(Cl)cc2Cl)cc1I. The maximum absolute atomic E-state index is 6.13. The lowest BCUT2D eigenvalue weighted by Gasteiger charge is -2.06. The van der Waals surface area contributed by atoms with Gasteiger partial charge in [0.05, 0.1) is 10.7 Å². The zero-order chi connectivity index (χ0) is 11.7. The number of rotatable bonds is 1. The molecule has 0 amide bonds. The first-order valence-corrected chi connectivity index (χ1v) is 6.49. The molecule has 2 rings (SSSR count). The van der Waals surface area contributed by atoms with E-state index in [1.165, 1.54) is 3.57 Å². The summed E-state index contributed by atoms with van der Waals surface area (Å²) in [5.41, 5.74) is 2.94. The first-order valence-electron chi connectivity index (χ1n) is 4.65. The van der Waals surface area contributed by atoms with E-state index in [4.69, 9.17) is 23.2 Å². The van der Waals surface area contributed by atoms with Crippen molar-refractivity contribution in [1.29, 1.82) is 0 Å². The Morgan fingerprint density at radius 3 is 2.56 bits per heavy atom. The van der Waals surface area contributed by atoms with E-state index in [1.807, 2.05) is 31.3 Å². The lowest BCUT2D eigenvalue weighted by Crippen LogP contribution is -1.88. The van der Waals surface area contributed by atoms with Crippen molar-refractivity contribution in [2.75, 3.05) is 0 Å². The predicted octanol–water partition coefficient (Wildman–Crippen LogP) is 4.97. The van der Waals surface area contributed by atoms with Crippen LogP contribution in [-0.2, 0) is 0 Å². The summed E-state index contributed by atoms with van der Waals surface area (Å²) >= 11 is 14.3. The molecule has 2 aromatic rings. The van der Waals surface area contributed by atoms with Crippen LogP contribution in [-0.4, -0.2) is 4.98 Å². The number of nitrogens with zero attached hydrogens (tertiary/aromatic N) is 1. The molecule has 0 bridgehead atoms. The molecule has 0 spiro atoms. The summed E-state index contributed by atoms with van der Waals surface area (Å²) in [4.78, 5) is 4.37. The minimum atomic E-state index is 0.625. The molecule has 0 radical (unpaired) electrons. The van der Waals surface area contributed by atoms with Crippen LogP contribution in [0.2, 0.25) is 10.0 Å². The van der Waals surface area contributed by atoms with Gasteiger partial charge in [-0.3, -0.25) is 4.98 Å². The van der Waals surface area contributed by atoms with Gasteiger partial charge in [-0.05, 0) is 59.3 Å². The van der Waals surface area contributed by atoms with Crippen LogP contribution in [0, 0.1) is 10.5 Å². The normalized spacial score (nSPS) is 10.5. The van der Waals surface area contributed by atoms with E-state index in [2.05, 4.69) is 27.6 Å². The Kier molecular flexibility index (Phi) is 3.72. The second-order valence-electron chi connectivity index (χ2n) is 3.44. The van der Waals surface area contributed by atoms with Crippen LogP contribution in [0.15, 0.2) is 30.5 Å². The van der Waals surface area contributed by atoms with Gasteiger partial charge in [0.2, 0.25) is 0 Å². The summed E-state index contributed by atoms with van der Waals surface area (Å²) < 4.78 is 1.17. The largest absolute Gasteiger partial charge is 0.256 e. The topological polar surface area (TPSA) is 12.9 Å². The second-order valence-corrected chi connectivity index (χ2v) is 5.45. The summed E-state index contributed by atoms with van der Waals surface area (Å²) in [6, 6.07) is 7.45. The van der Waals surface area contributed by atoms with Crippen molar-refractivity contribution < 1.29 is 0 Å². The molecule has 82 valence electrons. The molecule has 0 saturated carbocycles. The van der Waals surface area contributed by atoms with Crippen LogP contribution >= 0.6 is 45.8 Å². The molecule has 16 heavy (non-hydrogen) atoms. The average molecular weight is 364 g/mol. The van der Waals surface area contributed by atoms with Crippen molar-refractivity contribution in [2.24, 2.45) is 0 Å². The van der Waals surface area contributed by atoms with Crippen LogP contribution in [0.1, 0.15) is 5.56 Å². The molecular weight excluding hydrogens is 356 g/mol. The summed E-state index contributed by atoms with van der Waals surface area (Å²) in [7, 11) is 0. The van der Waals surface area contributed by atoms with Crippen molar-refractivity contribution in [3.63, 3.8) is 0 Å². The van der Waals surface area contributed by atoms with Gasteiger partial charge in [0.1, 0.15) is 0 Å². The fourth-order valence-corrected chi connectivity index (χ4v) is 2.28. The summed E-state index contributed by atoms with van der Waals surface area (Å²) in [5.74, 6) is 0. The molecule has 0 unspecified atom stereocenters.